The van der Waals surface area contributed by atoms with Crippen molar-refractivity contribution < 1.29 is 8.78 Å². The van der Waals surface area contributed by atoms with Crippen molar-refractivity contribution >= 4 is 23.2 Å². The van der Waals surface area contributed by atoms with Gasteiger partial charge in [0.2, 0.25) is 0 Å². The minimum absolute atomic E-state index is 0.234. The van der Waals surface area contributed by atoms with Gasteiger partial charge >= 0.3 is 0 Å². The van der Waals surface area contributed by atoms with Crippen LogP contribution in [-0.4, -0.2) is 9.97 Å². The summed E-state index contributed by atoms with van der Waals surface area (Å²) >= 11 is 11.1. The lowest BCUT2D eigenvalue weighted by Crippen LogP contribution is -2.00. The molecule has 2 nitrogen and oxygen atoms in total. The van der Waals surface area contributed by atoms with Gasteiger partial charge in [0.15, 0.2) is 16.1 Å². The molecule has 1 heterocycles. The Bertz CT molecular complexity index is 538. The largest absolute Gasteiger partial charge is 0.218 e. The average molecular weight is 275 g/mol. The van der Waals surface area contributed by atoms with Gasteiger partial charge in [-0.05, 0) is 17.7 Å². The lowest BCUT2D eigenvalue weighted by atomic mass is 10.1. The Labute approximate surface area is 106 Å². The van der Waals surface area contributed by atoms with Crippen molar-refractivity contribution in [2.45, 2.75) is 6.42 Å². The highest BCUT2D eigenvalue weighted by Crippen LogP contribution is 2.20. The van der Waals surface area contributed by atoms with E-state index in [1.807, 2.05) is 0 Å². The normalized spacial score (nSPS) is 10.6. The van der Waals surface area contributed by atoms with Gasteiger partial charge in [0.05, 0.1) is 0 Å². The summed E-state index contributed by atoms with van der Waals surface area (Å²) in [6, 6.07) is 5.94. The van der Waals surface area contributed by atoms with E-state index in [4.69, 9.17) is 23.2 Å². The minimum Gasteiger partial charge on any atom is -0.218 e. The second-order valence-electron chi connectivity index (χ2n) is 3.34. The third kappa shape index (κ3) is 2.90. The van der Waals surface area contributed by atoms with Crippen molar-refractivity contribution in [3.63, 3.8) is 0 Å². The molecular formula is C11H6Cl2F2N2. The molecule has 1 aromatic heterocycles. The first-order valence-electron chi connectivity index (χ1n) is 4.68. The lowest BCUT2D eigenvalue weighted by Gasteiger charge is -2.03. The van der Waals surface area contributed by atoms with E-state index in [2.05, 4.69) is 9.97 Å². The molecule has 0 atom stereocenters. The molecule has 0 aliphatic heterocycles. The standard InChI is InChI=1S/C11H6Cl2F2N2/c12-10-9(15)11(13)17-8(16-10)5-6-2-1-3-7(14)4-6/h1-4H,5H2. The van der Waals surface area contributed by atoms with Crippen molar-refractivity contribution in [3.05, 3.63) is 57.6 Å². The molecule has 0 radical (unpaired) electrons. The van der Waals surface area contributed by atoms with E-state index in [1.54, 1.807) is 12.1 Å². The topological polar surface area (TPSA) is 25.8 Å². The molecule has 0 saturated carbocycles. The molecule has 0 spiro atoms. The number of hydrogen-bond acceptors (Lipinski definition) is 2. The first kappa shape index (κ1) is 12.2. The maximum Gasteiger partial charge on any atom is 0.197 e. The summed E-state index contributed by atoms with van der Waals surface area (Å²) in [5.74, 6) is -0.967. The van der Waals surface area contributed by atoms with Gasteiger partial charge < -0.3 is 0 Å². The molecule has 17 heavy (non-hydrogen) atoms. The van der Waals surface area contributed by atoms with Gasteiger partial charge in [-0.25, -0.2) is 18.7 Å². The van der Waals surface area contributed by atoms with E-state index in [-0.39, 0.29) is 28.4 Å². The molecule has 0 bridgehead atoms. The summed E-state index contributed by atoms with van der Waals surface area (Å²) in [5.41, 5.74) is 0.656. The van der Waals surface area contributed by atoms with Crippen LogP contribution in [0.5, 0.6) is 0 Å². The number of aromatic nitrogens is 2. The van der Waals surface area contributed by atoms with Crippen LogP contribution in [0.3, 0.4) is 0 Å². The van der Waals surface area contributed by atoms with Crippen LogP contribution in [0.2, 0.25) is 10.3 Å². The Morgan fingerprint density at radius 1 is 1.06 bits per heavy atom. The van der Waals surface area contributed by atoms with E-state index in [9.17, 15) is 8.78 Å². The number of benzene rings is 1. The fourth-order valence-corrected chi connectivity index (χ4v) is 1.77. The first-order valence-corrected chi connectivity index (χ1v) is 5.43. The second kappa shape index (κ2) is 4.94. The van der Waals surface area contributed by atoms with E-state index < -0.39 is 5.82 Å². The molecule has 0 N–H and O–H groups in total. The Kier molecular flexibility index (Phi) is 3.54. The van der Waals surface area contributed by atoms with Gasteiger partial charge in [-0.1, -0.05) is 35.3 Å². The maximum atomic E-state index is 13.1. The number of hydrogen-bond donors (Lipinski definition) is 0. The van der Waals surface area contributed by atoms with Crippen molar-refractivity contribution in [1.82, 2.24) is 9.97 Å². The highest BCUT2D eigenvalue weighted by atomic mass is 35.5. The molecule has 2 aromatic rings. The molecule has 0 aliphatic rings. The third-order valence-corrected chi connectivity index (χ3v) is 2.57. The van der Waals surface area contributed by atoms with Crippen LogP contribution >= 0.6 is 23.2 Å². The first-order chi connectivity index (χ1) is 8.06. The number of rotatable bonds is 2. The molecule has 2 rings (SSSR count). The van der Waals surface area contributed by atoms with Crippen LogP contribution in [0.25, 0.3) is 0 Å². The van der Waals surface area contributed by atoms with E-state index >= 15 is 0 Å². The van der Waals surface area contributed by atoms with Crippen molar-refractivity contribution in [1.29, 1.82) is 0 Å². The van der Waals surface area contributed by atoms with E-state index in [0.717, 1.165) is 0 Å². The smallest absolute Gasteiger partial charge is 0.197 e. The fourth-order valence-electron chi connectivity index (χ4n) is 1.34. The molecule has 88 valence electrons. The predicted octanol–water partition coefficient (Wildman–Crippen LogP) is 3.65. The molecule has 0 unspecified atom stereocenters. The zero-order chi connectivity index (χ0) is 12.4. The minimum atomic E-state index is -0.851. The SMILES string of the molecule is Fc1cccc(Cc2nc(Cl)c(F)c(Cl)n2)c1. The van der Waals surface area contributed by atoms with Gasteiger partial charge in [-0.15, -0.1) is 0 Å². The Morgan fingerprint density at radius 2 is 1.71 bits per heavy atom. The third-order valence-electron chi connectivity index (χ3n) is 2.07. The van der Waals surface area contributed by atoms with Gasteiger partial charge in [0, 0.05) is 6.42 Å². The van der Waals surface area contributed by atoms with Crippen LogP contribution in [0, 0.1) is 11.6 Å². The average Bonchev–Trinajstić information content (AvgIpc) is 2.26. The van der Waals surface area contributed by atoms with Gasteiger partial charge in [-0.3, -0.25) is 0 Å². The summed E-state index contributed by atoms with van der Waals surface area (Å²) < 4.78 is 26.0. The van der Waals surface area contributed by atoms with Gasteiger partial charge in [-0.2, -0.15) is 0 Å². The van der Waals surface area contributed by atoms with E-state index in [1.165, 1.54) is 12.1 Å². The number of halogens is 4. The lowest BCUT2D eigenvalue weighted by molar-refractivity contribution is 0.610. The predicted molar refractivity (Wildman–Crippen MR) is 61.2 cm³/mol. The summed E-state index contributed by atoms with van der Waals surface area (Å²) in [7, 11) is 0. The Morgan fingerprint density at radius 3 is 2.29 bits per heavy atom. The quantitative estimate of drug-likeness (QED) is 0.782. The number of nitrogens with zero attached hydrogens (tertiary/aromatic N) is 2. The zero-order valence-corrected chi connectivity index (χ0v) is 9.93. The van der Waals surface area contributed by atoms with Crippen molar-refractivity contribution in [2.75, 3.05) is 0 Å². The second-order valence-corrected chi connectivity index (χ2v) is 4.06. The summed E-state index contributed by atoms with van der Waals surface area (Å²) in [4.78, 5) is 7.46. The highest BCUT2D eigenvalue weighted by molar-refractivity contribution is 6.33. The summed E-state index contributed by atoms with van der Waals surface area (Å²) in [6.07, 6.45) is 0.234. The van der Waals surface area contributed by atoms with Crippen molar-refractivity contribution in [2.24, 2.45) is 0 Å². The molecule has 1 aromatic carbocycles. The summed E-state index contributed by atoms with van der Waals surface area (Å²) in [5, 5.41) is -0.673. The van der Waals surface area contributed by atoms with Crippen LogP contribution in [0.1, 0.15) is 11.4 Å². The van der Waals surface area contributed by atoms with Crippen molar-refractivity contribution in [3.8, 4) is 0 Å². The molecular weight excluding hydrogens is 269 g/mol. The van der Waals surface area contributed by atoms with Crippen LogP contribution < -0.4 is 0 Å². The zero-order valence-electron chi connectivity index (χ0n) is 8.42. The van der Waals surface area contributed by atoms with E-state index in [0.29, 0.717) is 5.56 Å². The Hall–Kier alpha value is -1.26. The molecule has 0 amide bonds. The van der Waals surface area contributed by atoms with Crippen LogP contribution in [0.4, 0.5) is 8.78 Å². The molecule has 0 aliphatic carbocycles. The van der Waals surface area contributed by atoms with Gasteiger partial charge in [0.1, 0.15) is 11.6 Å². The van der Waals surface area contributed by atoms with Crippen LogP contribution in [-0.2, 0) is 6.42 Å². The molecule has 0 saturated heterocycles. The Balaban J connectivity index is 2.31. The molecule has 6 heteroatoms. The monoisotopic (exact) mass is 274 g/mol. The summed E-state index contributed by atoms with van der Waals surface area (Å²) in [6.45, 7) is 0. The maximum absolute atomic E-state index is 13.1. The van der Waals surface area contributed by atoms with Crippen LogP contribution in [0.15, 0.2) is 24.3 Å². The van der Waals surface area contributed by atoms with Gasteiger partial charge in [0.25, 0.3) is 0 Å². The highest BCUT2D eigenvalue weighted by Gasteiger charge is 2.11. The molecule has 0 fully saturated rings. The fraction of sp³-hybridized carbons (Fsp3) is 0.0909.